The molecule has 5 nitrogen and oxygen atoms in total. The summed E-state index contributed by atoms with van der Waals surface area (Å²) in [5, 5.41) is 8.75. The molecule has 1 heterocycles. The van der Waals surface area contributed by atoms with E-state index in [0.29, 0.717) is 5.56 Å². The fourth-order valence-corrected chi connectivity index (χ4v) is 1.41. The topological polar surface area (TPSA) is 81.1 Å². The van der Waals surface area contributed by atoms with Crippen molar-refractivity contribution in [1.82, 2.24) is 9.55 Å². The third kappa shape index (κ3) is 1.94. The minimum absolute atomic E-state index is 0.580. The zero-order valence-electron chi connectivity index (χ0n) is 8.45. The lowest BCUT2D eigenvalue weighted by molar-refractivity contribution is -0.138. The Balaban J connectivity index is 2.26. The molecule has 0 aliphatic rings. The molecule has 0 fully saturated rings. The molecule has 2 rings (SSSR count). The van der Waals surface area contributed by atoms with E-state index in [2.05, 4.69) is 4.98 Å². The second-order valence-electron chi connectivity index (χ2n) is 3.38. The van der Waals surface area contributed by atoms with Crippen LogP contribution in [-0.4, -0.2) is 20.6 Å². The number of nitrogens with zero attached hydrogens (tertiary/aromatic N) is 2. The summed E-state index contributed by atoms with van der Waals surface area (Å²) in [6.45, 7) is 0. The van der Waals surface area contributed by atoms with Gasteiger partial charge in [0.2, 0.25) is 0 Å². The number of imidazole rings is 1. The zero-order chi connectivity index (χ0) is 11.5. The summed E-state index contributed by atoms with van der Waals surface area (Å²) >= 11 is 0. The van der Waals surface area contributed by atoms with Crippen LogP contribution in [-0.2, 0) is 4.79 Å². The van der Waals surface area contributed by atoms with Crippen LogP contribution in [0, 0.1) is 0 Å². The molecule has 0 saturated heterocycles. The van der Waals surface area contributed by atoms with Gasteiger partial charge in [0, 0.05) is 18.1 Å². The molecule has 1 unspecified atom stereocenters. The molecule has 3 N–H and O–H groups in total. The Hall–Kier alpha value is -2.14. The highest BCUT2D eigenvalue weighted by molar-refractivity contribution is 5.75. The van der Waals surface area contributed by atoms with Gasteiger partial charge < -0.3 is 15.4 Å². The van der Waals surface area contributed by atoms with E-state index < -0.39 is 12.0 Å². The van der Waals surface area contributed by atoms with Crippen molar-refractivity contribution >= 4 is 5.97 Å². The van der Waals surface area contributed by atoms with Crippen molar-refractivity contribution < 1.29 is 9.90 Å². The standard InChI is InChI=1S/C11H11N3O2/c12-10(11(15)16)8-1-3-9(4-2-8)14-6-5-13-7-14/h1-7,10H,12H2,(H,15,16). The third-order valence-electron chi connectivity index (χ3n) is 2.32. The van der Waals surface area contributed by atoms with Gasteiger partial charge in [0.05, 0.1) is 6.33 Å². The van der Waals surface area contributed by atoms with Gasteiger partial charge in [-0.05, 0) is 17.7 Å². The van der Waals surface area contributed by atoms with Gasteiger partial charge in [-0.25, -0.2) is 4.98 Å². The van der Waals surface area contributed by atoms with Crippen molar-refractivity contribution in [3.8, 4) is 5.69 Å². The van der Waals surface area contributed by atoms with E-state index in [9.17, 15) is 4.79 Å². The van der Waals surface area contributed by atoms with Crippen LogP contribution in [0.15, 0.2) is 43.0 Å². The largest absolute Gasteiger partial charge is 0.480 e. The molecule has 0 saturated carbocycles. The van der Waals surface area contributed by atoms with Crippen LogP contribution in [0.3, 0.4) is 0 Å². The number of nitrogens with two attached hydrogens (primary N) is 1. The quantitative estimate of drug-likeness (QED) is 0.802. The fraction of sp³-hybridized carbons (Fsp3) is 0.0909. The van der Waals surface area contributed by atoms with Crippen molar-refractivity contribution in [3.63, 3.8) is 0 Å². The predicted molar refractivity (Wildman–Crippen MR) is 58.1 cm³/mol. The molecule has 5 heteroatoms. The number of carbonyl (C=O) groups is 1. The Kier molecular flexibility index (Phi) is 2.70. The Morgan fingerprint density at radius 1 is 1.38 bits per heavy atom. The second-order valence-corrected chi connectivity index (χ2v) is 3.38. The molecule has 0 bridgehead atoms. The van der Waals surface area contributed by atoms with Crippen LogP contribution >= 0.6 is 0 Å². The minimum atomic E-state index is -1.03. The molecule has 0 aliphatic heterocycles. The summed E-state index contributed by atoms with van der Waals surface area (Å²) in [6.07, 6.45) is 5.16. The van der Waals surface area contributed by atoms with Crippen LogP contribution in [0.4, 0.5) is 0 Å². The average Bonchev–Trinajstić information content (AvgIpc) is 2.81. The number of rotatable bonds is 3. The molecule has 1 atom stereocenters. The number of carboxylic acid groups (broad SMARTS) is 1. The van der Waals surface area contributed by atoms with Gasteiger partial charge in [0.15, 0.2) is 0 Å². The van der Waals surface area contributed by atoms with E-state index in [0.717, 1.165) is 5.69 Å². The monoisotopic (exact) mass is 217 g/mol. The first-order valence-electron chi connectivity index (χ1n) is 4.75. The second kappa shape index (κ2) is 4.16. The van der Waals surface area contributed by atoms with Crippen LogP contribution in [0.5, 0.6) is 0 Å². The van der Waals surface area contributed by atoms with Crippen molar-refractivity contribution in [2.75, 3.05) is 0 Å². The smallest absolute Gasteiger partial charge is 0.325 e. The lowest BCUT2D eigenvalue weighted by atomic mass is 10.1. The zero-order valence-corrected chi connectivity index (χ0v) is 8.45. The number of aromatic nitrogens is 2. The van der Waals surface area contributed by atoms with Gasteiger partial charge >= 0.3 is 5.97 Å². The predicted octanol–water partition coefficient (Wildman–Crippen LogP) is 0.957. The van der Waals surface area contributed by atoms with E-state index in [-0.39, 0.29) is 0 Å². The summed E-state index contributed by atoms with van der Waals surface area (Å²) < 4.78 is 1.83. The number of aliphatic carboxylic acids is 1. The van der Waals surface area contributed by atoms with Crippen molar-refractivity contribution in [1.29, 1.82) is 0 Å². The molecule has 1 aromatic heterocycles. The Morgan fingerprint density at radius 3 is 2.56 bits per heavy atom. The minimum Gasteiger partial charge on any atom is -0.480 e. The first-order valence-corrected chi connectivity index (χ1v) is 4.75. The van der Waals surface area contributed by atoms with E-state index in [1.54, 1.807) is 36.8 Å². The van der Waals surface area contributed by atoms with Crippen LogP contribution in [0.1, 0.15) is 11.6 Å². The molecule has 0 radical (unpaired) electrons. The maximum Gasteiger partial charge on any atom is 0.325 e. The third-order valence-corrected chi connectivity index (χ3v) is 2.32. The van der Waals surface area contributed by atoms with Crippen LogP contribution in [0.25, 0.3) is 5.69 Å². The van der Waals surface area contributed by atoms with Crippen molar-refractivity contribution in [2.24, 2.45) is 5.73 Å². The maximum atomic E-state index is 10.7. The lowest BCUT2D eigenvalue weighted by Crippen LogP contribution is -2.20. The van der Waals surface area contributed by atoms with Crippen molar-refractivity contribution in [2.45, 2.75) is 6.04 Å². The van der Waals surface area contributed by atoms with Gasteiger partial charge in [0.1, 0.15) is 6.04 Å². The van der Waals surface area contributed by atoms with E-state index in [4.69, 9.17) is 10.8 Å². The summed E-state index contributed by atoms with van der Waals surface area (Å²) in [5.41, 5.74) is 6.98. The Labute approximate surface area is 92.2 Å². The highest BCUT2D eigenvalue weighted by Crippen LogP contribution is 2.14. The number of hydrogen-bond donors (Lipinski definition) is 2. The first kappa shape index (κ1) is 10.4. The van der Waals surface area contributed by atoms with E-state index >= 15 is 0 Å². The van der Waals surface area contributed by atoms with E-state index in [1.807, 2.05) is 10.8 Å². The van der Waals surface area contributed by atoms with Gasteiger partial charge in [0.25, 0.3) is 0 Å². The summed E-state index contributed by atoms with van der Waals surface area (Å²) in [4.78, 5) is 14.6. The number of carboxylic acids is 1. The Morgan fingerprint density at radius 2 is 2.06 bits per heavy atom. The summed E-state index contributed by atoms with van der Waals surface area (Å²) in [5.74, 6) is -1.03. The van der Waals surface area contributed by atoms with Crippen LogP contribution < -0.4 is 5.73 Å². The molecular weight excluding hydrogens is 206 g/mol. The number of benzene rings is 1. The Bertz CT molecular complexity index is 476. The first-order chi connectivity index (χ1) is 7.68. The highest BCUT2D eigenvalue weighted by Gasteiger charge is 2.13. The average molecular weight is 217 g/mol. The lowest BCUT2D eigenvalue weighted by Gasteiger charge is -2.08. The van der Waals surface area contributed by atoms with Gasteiger partial charge in [-0.2, -0.15) is 0 Å². The SMILES string of the molecule is NC(C(=O)O)c1ccc(-n2ccnc2)cc1. The van der Waals surface area contributed by atoms with Gasteiger partial charge in [-0.15, -0.1) is 0 Å². The van der Waals surface area contributed by atoms with E-state index in [1.165, 1.54) is 0 Å². The molecule has 0 aliphatic carbocycles. The maximum absolute atomic E-state index is 10.7. The molecule has 0 spiro atoms. The highest BCUT2D eigenvalue weighted by atomic mass is 16.4. The number of hydrogen-bond acceptors (Lipinski definition) is 3. The van der Waals surface area contributed by atoms with Gasteiger partial charge in [-0.1, -0.05) is 12.1 Å². The summed E-state index contributed by atoms with van der Waals surface area (Å²) in [7, 11) is 0. The normalized spacial score (nSPS) is 12.3. The molecular formula is C11H11N3O2. The van der Waals surface area contributed by atoms with Crippen LogP contribution in [0.2, 0.25) is 0 Å². The summed E-state index contributed by atoms with van der Waals surface area (Å²) in [6, 6.07) is 6.04. The molecule has 82 valence electrons. The molecule has 2 aromatic rings. The molecule has 0 amide bonds. The fourth-order valence-electron chi connectivity index (χ4n) is 1.41. The molecule has 1 aromatic carbocycles. The van der Waals surface area contributed by atoms with Crippen molar-refractivity contribution in [3.05, 3.63) is 48.5 Å². The molecule has 16 heavy (non-hydrogen) atoms. The van der Waals surface area contributed by atoms with Gasteiger partial charge in [-0.3, -0.25) is 4.79 Å².